The fraction of sp³-hybridized carbons (Fsp3) is 0.571. The molecule has 1 aliphatic carbocycles. The minimum absolute atomic E-state index is 0.0183. The van der Waals surface area contributed by atoms with Crippen molar-refractivity contribution in [3.8, 4) is 5.75 Å². The molecule has 1 N–H and O–H groups in total. The van der Waals surface area contributed by atoms with E-state index in [2.05, 4.69) is 18.3 Å². The summed E-state index contributed by atoms with van der Waals surface area (Å²) < 4.78 is 11.7. The maximum absolute atomic E-state index is 13.7. The SMILES string of the molecule is CC=C1CNC2CC3(C(=O)N(OC)c4cc(OC)ccc43)C3CC1C2CO3. The van der Waals surface area contributed by atoms with Gasteiger partial charge < -0.3 is 14.8 Å². The number of piperidine rings is 1. The van der Waals surface area contributed by atoms with E-state index >= 15 is 0 Å². The van der Waals surface area contributed by atoms with Gasteiger partial charge in [0, 0.05) is 24.6 Å². The standard InChI is InChI=1S/C21H26N2O4/c1-4-12-10-22-17-9-21(19-8-14(12)15(17)11-27-19)16-6-5-13(25-2)7-18(16)23(26-3)20(21)24/h4-7,14-15,17,19,22H,8-11H2,1-3H3. The average molecular weight is 370 g/mol. The molecule has 4 bridgehead atoms. The van der Waals surface area contributed by atoms with E-state index in [-0.39, 0.29) is 18.1 Å². The summed E-state index contributed by atoms with van der Waals surface area (Å²) in [6.07, 6.45) is 3.72. The molecule has 4 fully saturated rings. The van der Waals surface area contributed by atoms with Gasteiger partial charge in [-0.25, -0.2) is 0 Å². The first-order valence-corrected chi connectivity index (χ1v) is 9.71. The van der Waals surface area contributed by atoms with Gasteiger partial charge in [-0.3, -0.25) is 9.63 Å². The van der Waals surface area contributed by atoms with Crippen molar-refractivity contribution in [3.05, 3.63) is 35.4 Å². The highest BCUT2D eigenvalue weighted by Gasteiger charge is 2.63. The first-order chi connectivity index (χ1) is 13.1. The zero-order valence-electron chi connectivity index (χ0n) is 16.0. The Morgan fingerprint density at radius 3 is 2.96 bits per heavy atom. The Labute approximate surface area is 159 Å². The van der Waals surface area contributed by atoms with E-state index in [1.165, 1.54) is 10.6 Å². The summed E-state index contributed by atoms with van der Waals surface area (Å²) >= 11 is 0. The average Bonchev–Trinajstić information content (AvgIpc) is 2.80. The van der Waals surface area contributed by atoms with Crippen molar-refractivity contribution in [1.82, 2.24) is 5.32 Å². The Hall–Kier alpha value is -1.89. The lowest BCUT2D eigenvalue weighted by Crippen LogP contribution is -2.50. The number of anilines is 1. The lowest BCUT2D eigenvalue weighted by Gasteiger charge is -2.42. The molecule has 4 heterocycles. The molecule has 1 saturated carbocycles. The number of methoxy groups -OCH3 is 1. The van der Waals surface area contributed by atoms with Gasteiger partial charge in [0.25, 0.3) is 5.91 Å². The summed E-state index contributed by atoms with van der Waals surface area (Å²) in [6.45, 7) is 3.72. The van der Waals surface area contributed by atoms with Gasteiger partial charge in [0.15, 0.2) is 0 Å². The highest BCUT2D eigenvalue weighted by atomic mass is 16.7. The minimum atomic E-state index is -0.706. The van der Waals surface area contributed by atoms with Gasteiger partial charge in [0.05, 0.1) is 32.6 Å². The second kappa shape index (κ2) is 6.06. The van der Waals surface area contributed by atoms with Crippen LogP contribution in [0, 0.1) is 11.8 Å². The van der Waals surface area contributed by atoms with Gasteiger partial charge in [-0.05, 0) is 37.3 Å². The number of nitrogens with one attached hydrogen (secondary N) is 1. The molecule has 5 atom stereocenters. The molecule has 0 aromatic heterocycles. The fourth-order valence-corrected chi connectivity index (χ4v) is 5.81. The van der Waals surface area contributed by atoms with Crippen LogP contribution < -0.4 is 15.1 Å². The third-order valence-electron chi connectivity index (χ3n) is 7.15. The Bertz CT molecular complexity index is 822. The number of rotatable bonds is 2. The van der Waals surface area contributed by atoms with Crippen LogP contribution in [-0.2, 0) is 19.8 Å². The van der Waals surface area contributed by atoms with Gasteiger partial charge in [-0.1, -0.05) is 17.7 Å². The van der Waals surface area contributed by atoms with Crippen LogP contribution in [0.2, 0.25) is 0 Å². The second-order valence-corrected chi connectivity index (χ2v) is 8.02. The van der Waals surface area contributed by atoms with E-state index in [9.17, 15) is 4.79 Å². The van der Waals surface area contributed by atoms with Crippen molar-refractivity contribution >= 4 is 11.6 Å². The van der Waals surface area contributed by atoms with Crippen molar-refractivity contribution in [3.63, 3.8) is 0 Å². The number of fused-ring (bicyclic) bond motifs is 2. The van der Waals surface area contributed by atoms with Crippen LogP contribution in [0.15, 0.2) is 29.8 Å². The quantitative estimate of drug-likeness (QED) is 0.809. The number of amides is 1. The number of benzene rings is 1. The molecule has 0 radical (unpaired) electrons. The first kappa shape index (κ1) is 17.2. The van der Waals surface area contributed by atoms with Crippen LogP contribution in [0.3, 0.4) is 0 Å². The normalized spacial score (nSPS) is 38.4. The van der Waals surface area contributed by atoms with Gasteiger partial charge in [0.2, 0.25) is 0 Å². The Kier molecular flexibility index (Phi) is 3.86. The maximum atomic E-state index is 13.7. The predicted octanol–water partition coefficient (Wildman–Crippen LogP) is 2.18. The van der Waals surface area contributed by atoms with Crippen LogP contribution in [0.5, 0.6) is 5.75 Å². The maximum Gasteiger partial charge on any atom is 0.264 e. The number of nitrogens with zero attached hydrogens (tertiary/aromatic N) is 1. The van der Waals surface area contributed by atoms with Crippen LogP contribution in [0.1, 0.15) is 25.3 Å². The van der Waals surface area contributed by atoms with E-state index in [1.807, 2.05) is 18.2 Å². The summed E-state index contributed by atoms with van der Waals surface area (Å²) in [7, 11) is 3.18. The smallest absolute Gasteiger partial charge is 0.264 e. The molecule has 1 amide bonds. The molecular formula is C21H26N2O4. The minimum Gasteiger partial charge on any atom is -0.497 e. The van der Waals surface area contributed by atoms with Crippen molar-refractivity contribution in [2.24, 2.45) is 11.8 Å². The Balaban J connectivity index is 1.67. The second-order valence-electron chi connectivity index (χ2n) is 8.02. The van der Waals surface area contributed by atoms with Crippen LogP contribution >= 0.6 is 0 Å². The highest BCUT2D eigenvalue weighted by molar-refractivity contribution is 6.07. The number of carbonyl (C=O) groups is 1. The lowest BCUT2D eigenvalue weighted by molar-refractivity contribution is -0.137. The van der Waals surface area contributed by atoms with Gasteiger partial charge in [-0.2, -0.15) is 5.06 Å². The Morgan fingerprint density at radius 1 is 1.37 bits per heavy atom. The number of allylic oxidation sites excluding steroid dienone is 1. The number of hydrogen-bond acceptors (Lipinski definition) is 5. The summed E-state index contributed by atoms with van der Waals surface area (Å²) in [4.78, 5) is 19.2. The molecular weight excluding hydrogens is 344 g/mol. The number of hydroxylamine groups is 1. The monoisotopic (exact) mass is 370 g/mol. The summed E-state index contributed by atoms with van der Waals surface area (Å²) in [6, 6.07) is 6.11. The first-order valence-electron chi connectivity index (χ1n) is 9.71. The predicted molar refractivity (Wildman–Crippen MR) is 101 cm³/mol. The van der Waals surface area contributed by atoms with Crippen molar-refractivity contribution in [1.29, 1.82) is 0 Å². The van der Waals surface area contributed by atoms with Crippen molar-refractivity contribution < 1.29 is 19.1 Å². The summed E-state index contributed by atoms with van der Waals surface area (Å²) in [5.41, 5.74) is 2.52. The molecule has 4 aliphatic heterocycles. The largest absolute Gasteiger partial charge is 0.497 e. The van der Waals surface area contributed by atoms with Crippen LogP contribution in [-0.4, -0.2) is 45.4 Å². The zero-order valence-corrected chi connectivity index (χ0v) is 16.0. The summed E-state index contributed by atoms with van der Waals surface area (Å²) in [5.74, 6) is 1.61. The topological polar surface area (TPSA) is 60.0 Å². The third kappa shape index (κ3) is 2.15. The van der Waals surface area contributed by atoms with Crippen molar-refractivity contribution in [2.45, 2.75) is 37.3 Å². The molecule has 5 aliphatic rings. The van der Waals surface area contributed by atoms with Gasteiger partial charge in [0.1, 0.15) is 11.2 Å². The van der Waals surface area contributed by atoms with Crippen LogP contribution in [0.25, 0.3) is 0 Å². The Morgan fingerprint density at radius 2 is 2.22 bits per heavy atom. The molecule has 144 valence electrons. The number of hydrogen-bond donors (Lipinski definition) is 1. The molecule has 1 aromatic rings. The van der Waals surface area contributed by atoms with E-state index < -0.39 is 5.41 Å². The van der Waals surface area contributed by atoms with E-state index in [0.717, 1.165) is 30.6 Å². The number of ether oxygens (including phenoxy) is 2. The molecule has 27 heavy (non-hydrogen) atoms. The van der Waals surface area contributed by atoms with E-state index in [4.69, 9.17) is 14.3 Å². The lowest BCUT2D eigenvalue weighted by atomic mass is 9.72. The molecule has 6 rings (SSSR count). The summed E-state index contributed by atoms with van der Waals surface area (Å²) in [5, 5.41) is 5.12. The molecule has 1 aromatic carbocycles. The number of carbonyl (C=O) groups excluding carboxylic acids is 1. The van der Waals surface area contributed by atoms with E-state index in [1.54, 1.807) is 14.2 Å². The highest BCUT2D eigenvalue weighted by Crippen LogP contribution is 2.56. The van der Waals surface area contributed by atoms with Crippen molar-refractivity contribution in [2.75, 3.05) is 32.4 Å². The molecule has 5 unspecified atom stereocenters. The molecule has 3 saturated heterocycles. The van der Waals surface area contributed by atoms with Crippen LogP contribution in [0.4, 0.5) is 5.69 Å². The third-order valence-corrected chi connectivity index (χ3v) is 7.15. The zero-order chi connectivity index (χ0) is 18.8. The molecule has 6 nitrogen and oxygen atoms in total. The van der Waals surface area contributed by atoms with Gasteiger partial charge in [-0.15, -0.1) is 0 Å². The van der Waals surface area contributed by atoms with E-state index in [0.29, 0.717) is 24.2 Å². The fourth-order valence-electron chi connectivity index (χ4n) is 5.81. The molecule has 6 heteroatoms. The molecule has 1 spiro atoms. The van der Waals surface area contributed by atoms with Gasteiger partial charge >= 0.3 is 0 Å².